The molecule has 0 unspecified atom stereocenters. The van der Waals surface area contributed by atoms with Crippen LogP contribution in [0, 0.1) is 5.92 Å². The van der Waals surface area contributed by atoms with Crippen molar-refractivity contribution in [3.63, 3.8) is 0 Å². The zero-order valence-electron chi connectivity index (χ0n) is 12.3. The van der Waals surface area contributed by atoms with Crippen LogP contribution in [0.2, 0.25) is 5.02 Å². The number of amides is 1. The Hall–Kier alpha value is -1.59. The Morgan fingerprint density at radius 1 is 1.50 bits per heavy atom. The highest BCUT2D eigenvalue weighted by molar-refractivity contribution is 6.31. The predicted molar refractivity (Wildman–Crippen MR) is 83.7 cm³/mol. The molecule has 6 heteroatoms. The number of benzene rings is 1. The van der Waals surface area contributed by atoms with Gasteiger partial charge in [-0.1, -0.05) is 11.6 Å². The Morgan fingerprint density at radius 3 is 3.09 bits per heavy atom. The number of aromatic amines is 1. The zero-order chi connectivity index (χ0) is 15.3. The van der Waals surface area contributed by atoms with Gasteiger partial charge < -0.3 is 15.0 Å². The lowest BCUT2D eigenvalue weighted by molar-refractivity contribution is -0.127. The standard InChI is InChI=1S/C16H18ClN3O2/c1-8(15-19-12-4-2-9(17)6-13(12)20-15)18-16(21)11-7-10-3-5-14(11)22-10/h2,4,6,8,10-11,14H,3,5,7H2,1H3,(H,18,21)(H,19,20)/t8-,10+,11-,14+/m0/s1. The largest absolute Gasteiger partial charge is 0.374 e. The first-order chi connectivity index (χ1) is 10.6. The first-order valence-corrected chi connectivity index (χ1v) is 8.09. The van der Waals surface area contributed by atoms with E-state index in [-0.39, 0.29) is 30.1 Å². The summed E-state index contributed by atoms with van der Waals surface area (Å²) in [7, 11) is 0. The molecule has 1 aromatic carbocycles. The van der Waals surface area contributed by atoms with Crippen LogP contribution in [-0.4, -0.2) is 28.1 Å². The molecule has 0 saturated carbocycles. The second-order valence-corrected chi connectivity index (χ2v) is 6.67. The average molecular weight is 320 g/mol. The lowest BCUT2D eigenvalue weighted by Gasteiger charge is -2.20. The minimum absolute atomic E-state index is 0.0139. The Balaban J connectivity index is 1.48. The van der Waals surface area contributed by atoms with Crippen molar-refractivity contribution in [1.29, 1.82) is 0 Å². The monoisotopic (exact) mass is 319 g/mol. The van der Waals surface area contributed by atoms with Gasteiger partial charge in [0.25, 0.3) is 0 Å². The molecule has 2 fully saturated rings. The second kappa shape index (κ2) is 5.25. The van der Waals surface area contributed by atoms with Crippen molar-refractivity contribution in [2.24, 2.45) is 5.92 Å². The Kier molecular flexibility index (Phi) is 3.35. The number of rotatable bonds is 3. The summed E-state index contributed by atoms with van der Waals surface area (Å²) in [6.45, 7) is 1.94. The van der Waals surface area contributed by atoms with Crippen molar-refractivity contribution >= 4 is 28.5 Å². The van der Waals surface area contributed by atoms with E-state index >= 15 is 0 Å². The SMILES string of the molecule is C[C@H](NC(=O)[C@H]1C[C@H]2CC[C@H]1O2)c1nc2ccc(Cl)cc2[nH]1. The van der Waals surface area contributed by atoms with E-state index in [1.165, 1.54) is 0 Å². The van der Waals surface area contributed by atoms with Gasteiger partial charge in [0.15, 0.2) is 0 Å². The summed E-state index contributed by atoms with van der Waals surface area (Å²) in [5.41, 5.74) is 1.73. The number of hydrogen-bond donors (Lipinski definition) is 2. The first-order valence-electron chi connectivity index (χ1n) is 7.71. The molecule has 0 aliphatic carbocycles. The lowest BCUT2D eigenvalue weighted by Crippen LogP contribution is -2.37. The topological polar surface area (TPSA) is 67.0 Å². The first kappa shape index (κ1) is 14.0. The molecule has 5 nitrogen and oxygen atoms in total. The summed E-state index contributed by atoms with van der Waals surface area (Å²) >= 11 is 5.98. The molecule has 0 spiro atoms. The van der Waals surface area contributed by atoms with Crippen molar-refractivity contribution in [3.05, 3.63) is 29.0 Å². The zero-order valence-corrected chi connectivity index (χ0v) is 13.1. The number of carbonyl (C=O) groups excluding carboxylic acids is 1. The fourth-order valence-corrected chi connectivity index (χ4v) is 3.68. The van der Waals surface area contributed by atoms with Gasteiger partial charge in [0.05, 0.1) is 35.2 Å². The predicted octanol–water partition coefficient (Wildman–Crippen LogP) is 2.96. The molecular weight excluding hydrogens is 302 g/mol. The summed E-state index contributed by atoms with van der Waals surface area (Å²) in [6.07, 6.45) is 3.32. The molecular formula is C16H18ClN3O2. The Labute approximate surface area is 133 Å². The number of nitrogens with zero attached hydrogens (tertiary/aromatic N) is 1. The number of nitrogens with one attached hydrogen (secondary N) is 2. The molecule has 3 heterocycles. The van der Waals surface area contributed by atoms with E-state index in [9.17, 15) is 4.79 Å². The maximum atomic E-state index is 12.4. The van der Waals surface area contributed by atoms with Crippen LogP contribution in [0.25, 0.3) is 11.0 Å². The minimum atomic E-state index is -0.169. The van der Waals surface area contributed by atoms with Crippen molar-refractivity contribution in [2.75, 3.05) is 0 Å². The summed E-state index contributed by atoms with van der Waals surface area (Å²) in [4.78, 5) is 20.2. The molecule has 2 bridgehead atoms. The molecule has 2 aliphatic heterocycles. The third-order valence-electron chi connectivity index (χ3n) is 4.67. The van der Waals surface area contributed by atoms with E-state index < -0.39 is 0 Å². The van der Waals surface area contributed by atoms with Gasteiger partial charge in [-0.05, 0) is 44.4 Å². The smallest absolute Gasteiger partial charge is 0.226 e. The van der Waals surface area contributed by atoms with Crippen LogP contribution < -0.4 is 5.32 Å². The highest BCUT2D eigenvalue weighted by Crippen LogP contribution is 2.39. The molecule has 2 saturated heterocycles. The summed E-state index contributed by atoms with van der Waals surface area (Å²) < 4.78 is 5.76. The van der Waals surface area contributed by atoms with Crippen LogP contribution >= 0.6 is 11.6 Å². The molecule has 1 aromatic heterocycles. The molecule has 1 amide bonds. The quantitative estimate of drug-likeness (QED) is 0.914. The molecule has 2 aromatic rings. The molecule has 4 atom stereocenters. The van der Waals surface area contributed by atoms with Crippen LogP contribution in [0.1, 0.15) is 38.1 Å². The number of fused-ring (bicyclic) bond motifs is 3. The maximum absolute atomic E-state index is 12.4. The number of H-pyrrole nitrogens is 1. The van der Waals surface area contributed by atoms with E-state index in [4.69, 9.17) is 16.3 Å². The average Bonchev–Trinajstić information content (AvgIpc) is 3.20. The van der Waals surface area contributed by atoms with Gasteiger partial charge in [-0.2, -0.15) is 0 Å². The van der Waals surface area contributed by atoms with Crippen molar-refractivity contribution in [3.8, 4) is 0 Å². The highest BCUT2D eigenvalue weighted by Gasteiger charge is 2.44. The van der Waals surface area contributed by atoms with Gasteiger partial charge in [0.1, 0.15) is 5.82 Å². The van der Waals surface area contributed by atoms with E-state index in [1.807, 2.05) is 25.1 Å². The number of aromatic nitrogens is 2. The Bertz CT molecular complexity index is 729. The second-order valence-electron chi connectivity index (χ2n) is 6.23. The van der Waals surface area contributed by atoms with Crippen LogP contribution in [0.4, 0.5) is 0 Å². The fraction of sp³-hybridized carbons (Fsp3) is 0.500. The summed E-state index contributed by atoms with van der Waals surface area (Å²) in [5, 5.41) is 3.72. The Morgan fingerprint density at radius 2 is 2.36 bits per heavy atom. The molecule has 2 N–H and O–H groups in total. The van der Waals surface area contributed by atoms with Gasteiger partial charge in [-0.15, -0.1) is 0 Å². The molecule has 0 radical (unpaired) electrons. The van der Waals surface area contributed by atoms with Crippen molar-refractivity contribution < 1.29 is 9.53 Å². The number of hydrogen-bond acceptors (Lipinski definition) is 3. The number of halogens is 1. The van der Waals surface area contributed by atoms with E-state index in [0.29, 0.717) is 5.02 Å². The molecule has 116 valence electrons. The van der Waals surface area contributed by atoms with E-state index in [2.05, 4.69) is 15.3 Å². The van der Waals surface area contributed by atoms with Gasteiger partial charge in [-0.25, -0.2) is 4.98 Å². The summed E-state index contributed by atoms with van der Waals surface area (Å²) in [6, 6.07) is 5.35. The van der Waals surface area contributed by atoms with E-state index in [0.717, 1.165) is 36.1 Å². The van der Waals surface area contributed by atoms with Gasteiger partial charge >= 0.3 is 0 Å². The van der Waals surface area contributed by atoms with Crippen LogP contribution in [0.15, 0.2) is 18.2 Å². The van der Waals surface area contributed by atoms with E-state index in [1.54, 1.807) is 0 Å². The van der Waals surface area contributed by atoms with Gasteiger partial charge in [0.2, 0.25) is 5.91 Å². The lowest BCUT2D eigenvalue weighted by atomic mass is 9.88. The summed E-state index contributed by atoms with van der Waals surface area (Å²) in [5.74, 6) is 0.799. The molecule has 2 aliphatic rings. The maximum Gasteiger partial charge on any atom is 0.226 e. The van der Waals surface area contributed by atoms with Gasteiger partial charge in [0, 0.05) is 5.02 Å². The third-order valence-corrected chi connectivity index (χ3v) is 4.91. The minimum Gasteiger partial charge on any atom is -0.374 e. The number of carbonyl (C=O) groups is 1. The van der Waals surface area contributed by atoms with Crippen molar-refractivity contribution in [2.45, 2.75) is 44.4 Å². The fourth-order valence-electron chi connectivity index (χ4n) is 3.51. The van der Waals surface area contributed by atoms with Crippen LogP contribution in [-0.2, 0) is 9.53 Å². The van der Waals surface area contributed by atoms with Crippen molar-refractivity contribution in [1.82, 2.24) is 15.3 Å². The number of imidazole rings is 1. The van der Waals surface area contributed by atoms with Gasteiger partial charge in [-0.3, -0.25) is 4.79 Å². The van der Waals surface area contributed by atoms with Crippen LogP contribution in [0.5, 0.6) is 0 Å². The van der Waals surface area contributed by atoms with Crippen LogP contribution in [0.3, 0.4) is 0 Å². The third kappa shape index (κ3) is 2.38. The normalized spacial score (nSPS) is 28.2. The molecule has 4 rings (SSSR count). The molecule has 22 heavy (non-hydrogen) atoms. The number of ether oxygens (including phenoxy) is 1. The highest BCUT2D eigenvalue weighted by atomic mass is 35.5.